The Morgan fingerprint density at radius 3 is 2.83 bits per heavy atom. The van der Waals surface area contributed by atoms with Crippen LogP contribution in [0.5, 0.6) is 5.75 Å². The summed E-state index contributed by atoms with van der Waals surface area (Å²) >= 11 is 0. The van der Waals surface area contributed by atoms with Crippen LogP contribution >= 0.6 is 0 Å². The first-order chi connectivity index (χ1) is 8.76. The lowest BCUT2D eigenvalue weighted by molar-refractivity contribution is -0.0343. The monoisotopic (exact) mass is 254 g/mol. The molecule has 0 aliphatic carbocycles. The van der Waals surface area contributed by atoms with Crippen molar-refractivity contribution in [2.45, 2.75) is 24.9 Å². The molecule has 1 aromatic carbocycles. The molecule has 0 saturated carbocycles. The molecule has 5 heteroatoms. The average Bonchev–Trinajstić information content (AvgIpc) is 2.77. The number of hydrogen-bond donors (Lipinski definition) is 2. The second-order valence-electron chi connectivity index (χ2n) is 4.21. The summed E-state index contributed by atoms with van der Waals surface area (Å²) in [5.74, 6) is 0.754. The number of ether oxygens (including phenoxy) is 3. The summed E-state index contributed by atoms with van der Waals surface area (Å²) in [6, 6.07) is 7.55. The number of rotatable bonds is 5. The van der Waals surface area contributed by atoms with E-state index in [1.807, 2.05) is 24.3 Å². The Balaban J connectivity index is 1.92. The van der Waals surface area contributed by atoms with Gasteiger partial charge in [-0.15, -0.1) is 0 Å². The lowest BCUT2D eigenvalue weighted by Crippen LogP contribution is -2.33. The maximum absolute atomic E-state index is 9.81. The van der Waals surface area contributed by atoms with Gasteiger partial charge in [-0.2, -0.15) is 0 Å². The Labute approximate surface area is 106 Å². The maximum Gasteiger partial charge on any atom is 0.124 e. The second-order valence-corrected chi connectivity index (χ2v) is 4.21. The van der Waals surface area contributed by atoms with Crippen molar-refractivity contribution in [3.8, 4) is 5.75 Å². The van der Waals surface area contributed by atoms with E-state index in [1.165, 1.54) is 0 Å². The quantitative estimate of drug-likeness (QED) is 0.792. The lowest BCUT2D eigenvalue weighted by atomic mass is 10.1. The minimum atomic E-state index is -0.787. The van der Waals surface area contributed by atoms with Crippen LogP contribution in [0, 0.1) is 0 Å². The Morgan fingerprint density at radius 1 is 1.39 bits per heavy atom. The Morgan fingerprint density at radius 2 is 2.17 bits per heavy atom. The largest absolute Gasteiger partial charge is 0.496 e. The fraction of sp³-hybridized carbons (Fsp3) is 0.538. The van der Waals surface area contributed by atoms with E-state index in [0.717, 1.165) is 11.3 Å². The highest BCUT2D eigenvalue weighted by molar-refractivity contribution is 5.32. The van der Waals surface area contributed by atoms with Gasteiger partial charge in [-0.3, -0.25) is 0 Å². The third-order valence-electron chi connectivity index (χ3n) is 3.06. The molecule has 3 atom stereocenters. The van der Waals surface area contributed by atoms with Crippen LogP contribution in [0.4, 0.5) is 0 Å². The zero-order chi connectivity index (χ0) is 13.0. The summed E-state index contributed by atoms with van der Waals surface area (Å²) in [6.45, 7) is 0.435. The van der Waals surface area contributed by atoms with Gasteiger partial charge < -0.3 is 24.4 Å². The molecule has 1 saturated heterocycles. The molecule has 1 aromatic rings. The van der Waals surface area contributed by atoms with Crippen LogP contribution in [0.3, 0.4) is 0 Å². The molecule has 0 spiro atoms. The number of para-hydroxylation sites is 1. The maximum atomic E-state index is 9.81. The highest BCUT2D eigenvalue weighted by Gasteiger charge is 2.36. The van der Waals surface area contributed by atoms with Crippen LogP contribution in [0.2, 0.25) is 0 Å². The molecule has 1 fully saturated rings. The van der Waals surface area contributed by atoms with Gasteiger partial charge in [0.1, 0.15) is 24.1 Å². The normalized spacial score (nSPS) is 27.4. The Bertz CT molecular complexity index is 381. The van der Waals surface area contributed by atoms with Gasteiger partial charge in [0.15, 0.2) is 0 Å². The topological polar surface area (TPSA) is 68.2 Å². The summed E-state index contributed by atoms with van der Waals surface area (Å²) < 4.78 is 16.0. The number of aliphatic hydroxyl groups excluding tert-OH is 2. The molecule has 0 aromatic heterocycles. The molecule has 1 aliphatic rings. The van der Waals surface area contributed by atoms with Gasteiger partial charge in [-0.1, -0.05) is 18.2 Å². The summed E-state index contributed by atoms with van der Waals surface area (Å²) in [5.41, 5.74) is 0.916. The molecule has 0 bridgehead atoms. The Kier molecular flexibility index (Phi) is 4.54. The van der Waals surface area contributed by atoms with Crippen LogP contribution < -0.4 is 4.74 Å². The zero-order valence-electron chi connectivity index (χ0n) is 10.3. The fourth-order valence-electron chi connectivity index (χ4n) is 1.98. The van der Waals surface area contributed by atoms with E-state index in [1.54, 1.807) is 7.11 Å². The van der Waals surface area contributed by atoms with Gasteiger partial charge in [0.25, 0.3) is 0 Å². The van der Waals surface area contributed by atoms with Crippen molar-refractivity contribution in [2.75, 3.05) is 20.3 Å². The van der Waals surface area contributed by atoms with E-state index in [2.05, 4.69) is 0 Å². The van der Waals surface area contributed by atoms with Crippen molar-refractivity contribution < 1.29 is 24.4 Å². The number of benzene rings is 1. The first-order valence-electron chi connectivity index (χ1n) is 5.90. The van der Waals surface area contributed by atoms with Crippen molar-refractivity contribution in [2.24, 2.45) is 0 Å². The summed E-state index contributed by atoms with van der Waals surface area (Å²) in [5, 5.41) is 18.8. The zero-order valence-corrected chi connectivity index (χ0v) is 10.3. The molecule has 0 radical (unpaired) electrons. The highest BCUT2D eigenvalue weighted by atomic mass is 16.6. The van der Waals surface area contributed by atoms with E-state index < -0.39 is 18.3 Å². The second kappa shape index (κ2) is 6.15. The molecule has 5 nitrogen and oxygen atoms in total. The molecule has 18 heavy (non-hydrogen) atoms. The highest BCUT2D eigenvalue weighted by Crippen LogP contribution is 2.22. The standard InChI is InChI=1S/C13H18O5/c1-16-10-5-3-2-4-9(10)7-17-12-8-18-11(6-14)13(12)15/h2-5,11-15H,6-8H2,1H3/t11-,12+,13-/m1/s1. The molecular formula is C13H18O5. The fourth-order valence-corrected chi connectivity index (χ4v) is 1.98. The minimum Gasteiger partial charge on any atom is -0.496 e. The summed E-state index contributed by atoms with van der Waals surface area (Å²) in [4.78, 5) is 0. The van der Waals surface area contributed by atoms with E-state index >= 15 is 0 Å². The molecule has 0 amide bonds. The van der Waals surface area contributed by atoms with Crippen molar-refractivity contribution in [1.82, 2.24) is 0 Å². The first-order valence-corrected chi connectivity index (χ1v) is 5.90. The van der Waals surface area contributed by atoms with Gasteiger partial charge in [0.05, 0.1) is 26.9 Å². The smallest absolute Gasteiger partial charge is 0.124 e. The Hall–Kier alpha value is -1.14. The van der Waals surface area contributed by atoms with Gasteiger partial charge in [0.2, 0.25) is 0 Å². The van der Waals surface area contributed by atoms with E-state index in [4.69, 9.17) is 19.3 Å². The van der Waals surface area contributed by atoms with Crippen LogP contribution in [0.25, 0.3) is 0 Å². The van der Waals surface area contributed by atoms with Crippen molar-refractivity contribution in [3.63, 3.8) is 0 Å². The van der Waals surface area contributed by atoms with E-state index in [-0.39, 0.29) is 6.61 Å². The van der Waals surface area contributed by atoms with Crippen LogP contribution in [-0.4, -0.2) is 48.8 Å². The minimum absolute atomic E-state index is 0.199. The number of aliphatic hydroxyl groups is 2. The molecule has 2 rings (SSSR count). The van der Waals surface area contributed by atoms with E-state index in [9.17, 15) is 5.11 Å². The number of hydrogen-bond acceptors (Lipinski definition) is 5. The van der Waals surface area contributed by atoms with Gasteiger partial charge in [0, 0.05) is 5.56 Å². The molecule has 0 unspecified atom stereocenters. The van der Waals surface area contributed by atoms with Crippen LogP contribution in [0.1, 0.15) is 5.56 Å². The van der Waals surface area contributed by atoms with Gasteiger partial charge >= 0.3 is 0 Å². The summed E-state index contributed by atoms with van der Waals surface area (Å²) in [7, 11) is 1.61. The molecule has 1 heterocycles. The SMILES string of the molecule is COc1ccccc1CO[C@H]1CO[C@H](CO)[C@H]1O. The molecule has 1 aliphatic heterocycles. The molecule has 2 N–H and O–H groups in total. The predicted octanol–water partition coefficient (Wildman–Crippen LogP) is 0.332. The summed E-state index contributed by atoms with van der Waals surface area (Å²) in [6.07, 6.45) is -1.75. The lowest BCUT2D eigenvalue weighted by Gasteiger charge is -2.17. The predicted molar refractivity (Wildman–Crippen MR) is 64.4 cm³/mol. The third kappa shape index (κ3) is 2.81. The number of methoxy groups -OCH3 is 1. The van der Waals surface area contributed by atoms with Crippen molar-refractivity contribution >= 4 is 0 Å². The molecular weight excluding hydrogens is 236 g/mol. The van der Waals surface area contributed by atoms with Gasteiger partial charge in [-0.25, -0.2) is 0 Å². The first kappa shape index (κ1) is 13.3. The van der Waals surface area contributed by atoms with Crippen molar-refractivity contribution in [1.29, 1.82) is 0 Å². The van der Waals surface area contributed by atoms with E-state index in [0.29, 0.717) is 13.2 Å². The van der Waals surface area contributed by atoms with Gasteiger partial charge in [-0.05, 0) is 6.07 Å². The van der Waals surface area contributed by atoms with Crippen LogP contribution in [0.15, 0.2) is 24.3 Å². The third-order valence-corrected chi connectivity index (χ3v) is 3.06. The van der Waals surface area contributed by atoms with Crippen LogP contribution in [-0.2, 0) is 16.1 Å². The average molecular weight is 254 g/mol. The molecule has 100 valence electrons. The van der Waals surface area contributed by atoms with Crippen molar-refractivity contribution in [3.05, 3.63) is 29.8 Å².